The van der Waals surface area contributed by atoms with Crippen LogP contribution < -0.4 is 5.32 Å². The minimum absolute atomic E-state index is 0.0613. The normalized spacial score (nSPS) is 21.7. The van der Waals surface area contributed by atoms with Crippen molar-refractivity contribution in [2.45, 2.75) is 38.1 Å². The van der Waals surface area contributed by atoms with Crippen molar-refractivity contribution in [3.63, 3.8) is 0 Å². The van der Waals surface area contributed by atoms with Crippen molar-refractivity contribution in [1.82, 2.24) is 5.32 Å². The average molecular weight is 335 g/mol. The van der Waals surface area contributed by atoms with Gasteiger partial charge in [-0.3, -0.25) is 9.59 Å². The highest BCUT2D eigenvalue weighted by Gasteiger charge is 2.37. The lowest BCUT2D eigenvalue weighted by Crippen LogP contribution is -2.48. The predicted molar refractivity (Wildman–Crippen MR) is 84.5 cm³/mol. The van der Waals surface area contributed by atoms with Crippen molar-refractivity contribution >= 4 is 17.8 Å². The smallest absolute Gasteiger partial charge is 0.326 e. The number of hydrogen-bond donors (Lipinski definition) is 4. The first-order valence-electron chi connectivity index (χ1n) is 7.92. The highest BCUT2D eigenvalue weighted by atomic mass is 16.4. The number of rotatable bonds is 6. The fourth-order valence-electron chi connectivity index (χ4n) is 3.09. The molecule has 1 amide bonds. The Morgan fingerprint density at radius 2 is 1.62 bits per heavy atom. The molecule has 1 saturated carbocycles. The van der Waals surface area contributed by atoms with Crippen molar-refractivity contribution in [2.24, 2.45) is 11.8 Å². The van der Waals surface area contributed by atoms with E-state index in [0.717, 1.165) is 12.8 Å². The molecular weight excluding hydrogens is 314 g/mol. The highest BCUT2D eigenvalue weighted by molar-refractivity contribution is 5.88. The molecule has 24 heavy (non-hydrogen) atoms. The SMILES string of the molecule is O=C(O)[C@H](Cc1ccc(O)cc1)NC(=O)[C@H]1CCCC[C@@H]1C(=O)O. The summed E-state index contributed by atoms with van der Waals surface area (Å²) < 4.78 is 0. The maximum absolute atomic E-state index is 12.4. The molecule has 1 aromatic carbocycles. The second kappa shape index (κ2) is 7.81. The number of nitrogens with one attached hydrogen (secondary N) is 1. The Labute approximate surface area is 139 Å². The molecule has 1 fully saturated rings. The molecule has 0 radical (unpaired) electrons. The van der Waals surface area contributed by atoms with Gasteiger partial charge < -0.3 is 20.6 Å². The van der Waals surface area contributed by atoms with E-state index in [1.165, 1.54) is 12.1 Å². The maximum Gasteiger partial charge on any atom is 0.326 e. The number of aromatic hydroxyl groups is 1. The summed E-state index contributed by atoms with van der Waals surface area (Å²) in [5.41, 5.74) is 0.652. The van der Waals surface area contributed by atoms with Crippen molar-refractivity contribution in [2.75, 3.05) is 0 Å². The maximum atomic E-state index is 12.4. The van der Waals surface area contributed by atoms with Gasteiger partial charge in [0.15, 0.2) is 0 Å². The number of aliphatic carboxylic acids is 2. The second-order valence-corrected chi connectivity index (χ2v) is 6.11. The number of carboxylic acids is 2. The van der Waals surface area contributed by atoms with Crippen molar-refractivity contribution in [3.05, 3.63) is 29.8 Å². The number of phenolic OH excluding ortho intramolecular Hbond substituents is 1. The molecule has 0 aliphatic heterocycles. The molecule has 7 nitrogen and oxygen atoms in total. The predicted octanol–water partition coefficient (Wildman–Crippen LogP) is 1.40. The van der Waals surface area contributed by atoms with Gasteiger partial charge in [0, 0.05) is 6.42 Å². The zero-order valence-corrected chi connectivity index (χ0v) is 13.1. The van der Waals surface area contributed by atoms with E-state index < -0.39 is 35.7 Å². The Morgan fingerprint density at radius 3 is 2.17 bits per heavy atom. The Kier molecular flexibility index (Phi) is 5.78. The molecule has 0 aromatic heterocycles. The summed E-state index contributed by atoms with van der Waals surface area (Å²) in [7, 11) is 0. The summed E-state index contributed by atoms with van der Waals surface area (Å²) in [5, 5.41) is 30.3. The van der Waals surface area contributed by atoms with Crippen LogP contribution in [-0.2, 0) is 20.8 Å². The lowest BCUT2D eigenvalue weighted by Gasteiger charge is -2.28. The van der Waals surface area contributed by atoms with E-state index in [4.69, 9.17) is 0 Å². The van der Waals surface area contributed by atoms with Gasteiger partial charge in [-0.05, 0) is 30.5 Å². The Bertz CT molecular complexity index is 612. The summed E-state index contributed by atoms with van der Waals surface area (Å²) in [6, 6.07) is 4.91. The number of carbonyl (C=O) groups is 3. The van der Waals surface area contributed by atoms with Crippen molar-refractivity contribution in [3.8, 4) is 5.75 Å². The number of carboxylic acid groups (broad SMARTS) is 2. The third kappa shape index (κ3) is 4.47. The fourth-order valence-corrected chi connectivity index (χ4v) is 3.09. The Balaban J connectivity index is 2.06. The molecule has 130 valence electrons. The molecule has 7 heteroatoms. The van der Waals surface area contributed by atoms with Crippen LogP contribution >= 0.6 is 0 Å². The topological polar surface area (TPSA) is 124 Å². The van der Waals surface area contributed by atoms with Gasteiger partial charge >= 0.3 is 11.9 Å². The standard InChI is InChI=1S/C17H21NO6/c19-11-7-5-10(6-8-11)9-14(17(23)24)18-15(20)12-3-1-2-4-13(12)16(21)22/h5-8,12-14,19H,1-4,9H2,(H,18,20)(H,21,22)(H,23,24)/t12-,13-,14-/m0/s1. The molecule has 1 aromatic rings. The van der Waals surface area contributed by atoms with Gasteiger partial charge in [-0.25, -0.2) is 4.79 Å². The fraction of sp³-hybridized carbons (Fsp3) is 0.471. The summed E-state index contributed by atoms with van der Waals surface area (Å²) in [6.07, 6.45) is 2.47. The second-order valence-electron chi connectivity index (χ2n) is 6.11. The van der Waals surface area contributed by atoms with Crippen molar-refractivity contribution < 1.29 is 29.7 Å². The average Bonchev–Trinajstić information content (AvgIpc) is 2.56. The van der Waals surface area contributed by atoms with Crippen LogP contribution in [0.5, 0.6) is 5.75 Å². The van der Waals surface area contributed by atoms with Gasteiger partial charge in [-0.15, -0.1) is 0 Å². The molecule has 1 aliphatic carbocycles. The van der Waals surface area contributed by atoms with Crippen LogP contribution in [0, 0.1) is 11.8 Å². The van der Waals surface area contributed by atoms with E-state index in [1.807, 2.05) is 0 Å². The van der Waals surface area contributed by atoms with E-state index in [9.17, 15) is 29.7 Å². The van der Waals surface area contributed by atoms with Crippen LogP contribution in [0.2, 0.25) is 0 Å². The summed E-state index contributed by atoms with van der Waals surface area (Å²) in [5.74, 6) is -4.10. The Morgan fingerprint density at radius 1 is 1.04 bits per heavy atom. The lowest BCUT2D eigenvalue weighted by atomic mass is 9.78. The lowest BCUT2D eigenvalue weighted by molar-refractivity contribution is -0.149. The number of carbonyl (C=O) groups excluding carboxylic acids is 1. The van der Waals surface area contributed by atoms with Crippen LogP contribution in [-0.4, -0.2) is 39.2 Å². The van der Waals surface area contributed by atoms with Crippen LogP contribution in [0.25, 0.3) is 0 Å². The zero-order chi connectivity index (χ0) is 17.7. The minimum atomic E-state index is -1.18. The summed E-state index contributed by atoms with van der Waals surface area (Å²) in [4.78, 5) is 35.1. The monoisotopic (exact) mass is 335 g/mol. The van der Waals surface area contributed by atoms with Gasteiger partial charge in [0.1, 0.15) is 11.8 Å². The van der Waals surface area contributed by atoms with E-state index in [-0.39, 0.29) is 12.2 Å². The number of amides is 1. The van der Waals surface area contributed by atoms with E-state index in [0.29, 0.717) is 18.4 Å². The summed E-state index contributed by atoms with van der Waals surface area (Å²) >= 11 is 0. The van der Waals surface area contributed by atoms with Gasteiger partial charge in [-0.2, -0.15) is 0 Å². The molecule has 3 atom stereocenters. The van der Waals surface area contributed by atoms with E-state index in [2.05, 4.69) is 5.32 Å². The summed E-state index contributed by atoms with van der Waals surface area (Å²) in [6.45, 7) is 0. The molecular formula is C17H21NO6. The molecule has 2 rings (SSSR count). The molecule has 4 N–H and O–H groups in total. The molecule has 0 saturated heterocycles. The van der Waals surface area contributed by atoms with Gasteiger partial charge in [0.2, 0.25) is 5.91 Å². The quantitative estimate of drug-likeness (QED) is 0.623. The molecule has 0 unspecified atom stereocenters. The highest BCUT2D eigenvalue weighted by Crippen LogP contribution is 2.30. The number of hydrogen-bond acceptors (Lipinski definition) is 4. The third-order valence-corrected chi connectivity index (χ3v) is 4.41. The van der Waals surface area contributed by atoms with Gasteiger partial charge in [0.25, 0.3) is 0 Å². The largest absolute Gasteiger partial charge is 0.508 e. The number of benzene rings is 1. The molecule has 1 aliphatic rings. The molecule has 0 bridgehead atoms. The van der Waals surface area contributed by atoms with Gasteiger partial charge in [0.05, 0.1) is 11.8 Å². The first-order valence-corrected chi connectivity index (χ1v) is 7.92. The van der Waals surface area contributed by atoms with Gasteiger partial charge in [-0.1, -0.05) is 25.0 Å². The van der Waals surface area contributed by atoms with E-state index in [1.54, 1.807) is 12.1 Å². The molecule has 0 spiro atoms. The first kappa shape index (κ1) is 17.8. The van der Waals surface area contributed by atoms with Crippen LogP contribution in [0.3, 0.4) is 0 Å². The minimum Gasteiger partial charge on any atom is -0.508 e. The van der Waals surface area contributed by atoms with Crippen LogP contribution in [0.1, 0.15) is 31.2 Å². The zero-order valence-electron chi connectivity index (χ0n) is 13.1. The van der Waals surface area contributed by atoms with Crippen LogP contribution in [0.4, 0.5) is 0 Å². The van der Waals surface area contributed by atoms with Crippen molar-refractivity contribution in [1.29, 1.82) is 0 Å². The molecule has 0 heterocycles. The van der Waals surface area contributed by atoms with Crippen LogP contribution in [0.15, 0.2) is 24.3 Å². The Hall–Kier alpha value is -2.57. The van der Waals surface area contributed by atoms with E-state index >= 15 is 0 Å². The first-order chi connectivity index (χ1) is 11.4. The third-order valence-electron chi connectivity index (χ3n) is 4.41. The number of phenols is 1.